The van der Waals surface area contributed by atoms with Crippen LogP contribution in [0.4, 0.5) is 0 Å². The van der Waals surface area contributed by atoms with Crippen molar-refractivity contribution in [2.24, 2.45) is 5.41 Å². The molecule has 0 aliphatic carbocycles. The molecule has 0 aliphatic rings. The Bertz CT molecular complexity index is 506. The van der Waals surface area contributed by atoms with E-state index in [1.165, 1.54) is 0 Å². The van der Waals surface area contributed by atoms with E-state index in [1.807, 2.05) is 31.2 Å². The second-order valence-electron chi connectivity index (χ2n) is 6.11. The van der Waals surface area contributed by atoms with Crippen molar-refractivity contribution in [2.45, 2.75) is 33.8 Å². The molecule has 1 unspecified atom stereocenters. The van der Waals surface area contributed by atoms with Gasteiger partial charge in [0, 0.05) is 12.0 Å². The summed E-state index contributed by atoms with van der Waals surface area (Å²) in [5, 5.41) is 15.2. The van der Waals surface area contributed by atoms with E-state index in [1.54, 1.807) is 20.8 Å². The first-order chi connectivity index (χ1) is 9.71. The van der Waals surface area contributed by atoms with Crippen LogP contribution in [0.1, 0.15) is 38.0 Å². The number of amides is 2. The molecule has 0 aliphatic heterocycles. The van der Waals surface area contributed by atoms with Crippen LogP contribution in [0, 0.1) is 12.3 Å². The summed E-state index contributed by atoms with van der Waals surface area (Å²) in [6, 6.07) is 7.47. The van der Waals surface area contributed by atoms with Gasteiger partial charge in [-0.1, -0.05) is 45.0 Å². The average Bonchev–Trinajstić information content (AvgIpc) is 2.41. The molecule has 1 rings (SSSR count). The summed E-state index contributed by atoms with van der Waals surface area (Å²) in [7, 11) is 0. The lowest BCUT2D eigenvalue weighted by Crippen LogP contribution is -2.42. The molecule has 1 atom stereocenters. The number of carbonyl (C=O) groups excluding carboxylic acids is 2. The van der Waals surface area contributed by atoms with Crippen molar-refractivity contribution in [3.63, 3.8) is 0 Å². The normalized spacial score (nSPS) is 12.6. The van der Waals surface area contributed by atoms with E-state index < -0.39 is 11.5 Å². The van der Waals surface area contributed by atoms with Crippen molar-refractivity contribution in [2.75, 3.05) is 13.1 Å². The summed E-state index contributed by atoms with van der Waals surface area (Å²) in [6.07, 6.45) is -0.756. The molecule has 1 aromatic carbocycles. The predicted octanol–water partition coefficient (Wildman–Crippen LogP) is 1.31. The van der Waals surface area contributed by atoms with E-state index in [0.717, 1.165) is 11.1 Å². The fraction of sp³-hybridized carbons (Fsp3) is 0.500. The van der Waals surface area contributed by atoms with E-state index in [-0.39, 0.29) is 24.9 Å². The third kappa shape index (κ3) is 5.55. The molecule has 116 valence electrons. The lowest BCUT2D eigenvalue weighted by atomic mass is 9.96. The molecule has 0 aromatic heterocycles. The zero-order valence-electron chi connectivity index (χ0n) is 13.1. The Labute approximate surface area is 125 Å². The van der Waals surface area contributed by atoms with Gasteiger partial charge in [0.05, 0.1) is 12.6 Å². The molecule has 0 radical (unpaired) electrons. The number of rotatable bonds is 5. The molecule has 2 amide bonds. The largest absolute Gasteiger partial charge is 0.387 e. The molecule has 3 N–H and O–H groups in total. The minimum atomic E-state index is -0.756. The van der Waals surface area contributed by atoms with Crippen LogP contribution in [-0.2, 0) is 9.59 Å². The molecular formula is C16H24N2O3. The minimum Gasteiger partial charge on any atom is -0.387 e. The lowest BCUT2D eigenvalue weighted by Gasteiger charge is -2.18. The van der Waals surface area contributed by atoms with Crippen molar-refractivity contribution in [3.05, 3.63) is 35.4 Å². The molecule has 5 heteroatoms. The second kappa shape index (κ2) is 7.22. The maximum absolute atomic E-state index is 11.7. The highest BCUT2D eigenvalue weighted by Gasteiger charge is 2.21. The molecule has 0 fully saturated rings. The van der Waals surface area contributed by atoms with Gasteiger partial charge in [0.1, 0.15) is 0 Å². The molecule has 0 spiro atoms. The third-order valence-corrected chi connectivity index (χ3v) is 3.13. The highest BCUT2D eigenvalue weighted by atomic mass is 16.3. The van der Waals surface area contributed by atoms with Crippen LogP contribution in [0.25, 0.3) is 0 Å². The van der Waals surface area contributed by atoms with Gasteiger partial charge in [-0.2, -0.15) is 0 Å². The summed E-state index contributed by atoms with van der Waals surface area (Å²) >= 11 is 0. The zero-order chi connectivity index (χ0) is 16.0. The maximum atomic E-state index is 11.7. The fourth-order valence-electron chi connectivity index (χ4n) is 1.77. The Kier molecular flexibility index (Phi) is 5.90. The molecular weight excluding hydrogens is 268 g/mol. The molecule has 5 nitrogen and oxygen atoms in total. The summed E-state index contributed by atoms with van der Waals surface area (Å²) < 4.78 is 0. The van der Waals surface area contributed by atoms with Gasteiger partial charge >= 0.3 is 0 Å². The number of aliphatic hydroxyl groups excluding tert-OH is 1. The van der Waals surface area contributed by atoms with Crippen molar-refractivity contribution in [3.8, 4) is 0 Å². The Morgan fingerprint density at radius 1 is 1.19 bits per heavy atom. The van der Waals surface area contributed by atoms with Crippen molar-refractivity contribution in [1.82, 2.24) is 10.6 Å². The first-order valence-electron chi connectivity index (χ1n) is 7.00. The van der Waals surface area contributed by atoms with E-state index in [0.29, 0.717) is 0 Å². The van der Waals surface area contributed by atoms with Crippen LogP contribution >= 0.6 is 0 Å². The Balaban J connectivity index is 2.40. The SMILES string of the molecule is Cc1ccccc1C(O)CNC(=O)CNC(=O)C(C)(C)C. The molecule has 1 aromatic rings. The first kappa shape index (κ1) is 17.2. The van der Waals surface area contributed by atoms with Crippen molar-refractivity contribution >= 4 is 11.8 Å². The van der Waals surface area contributed by atoms with Gasteiger partial charge in [-0.25, -0.2) is 0 Å². The number of hydrogen-bond donors (Lipinski definition) is 3. The monoisotopic (exact) mass is 292 g/mol. The average molecular weight is 292 g/mol. The van der Waals surface area contributed by atoms with E-state index >= 15 is 0 Å². The summed E-state index contributed by atoms with van der Waals surface area (Å²) in [6.45, 7) is 7.28. The number of aliphatic hydroxyl groups is 1. The van der Waals surface area contributed by atoms with Gasteiger partial charge in [-0.3, -0.25) is 9.59 Å². The van der Waals surface area contributed by atoms with Crippen LogP contribution in [0.3, 0.4) is 0 Å². The number of carbonyl (C=O) groups is 2. The number of aryl methyl sites for hydroxylation is 1. The smallest absolute Gasteiger partial charge is 0.239 e. The second-order valence-corrected chi connectivity index (χ2v) is 6.11. The Morgan fingerprint density at radius 3 is 2.38 bits per heavy atom. The lowest BCUT2D eigenvalue weighted by molar-refractivity contribution is -0.131. The predicted molar refractivity (Wildman–Crippen MR) is 81.6 cm³/mol. The van der Waals surface area contributed by atoms with Crippen LogP contribution in [0.2, 0.25) is 0 Å². The van der Waals surface area contributed by atoms with Gasteiger partial charge in [-0.15, -0.1) is 0 Å². The van der Waals surface area contributed by atoms with Gasteiger partial charge < -0.3 is 15.7 Å². The summed E-state index contributed by atoms with van der Waals surface area (Å²) in [5.74, 6) is -0.502. The molecule has 0 heterocycles. The number of nitrogens with one attached hydrogen (secondary N) is 2. The fourth-order valence-corrected chi connectivity index (χ4v) is 1.77. The maximum Gasteiger partial charge on any atom is 0.239 e. The van der Waals surface area contributed by atoms with Crippen LogP contribution < -0.4 is 10.6 Å². The Morgan fingerprint density at radius 2 is 1.81 bits per heavy atom. The molecule has 0 saturated heterocycles. The minimum absolute atomic E-state index is 0.0867. The quantitative estimate of drug-likeness (QED) is 0.765. The summed E-state index contributed by atoms with van der Waals surface area (Å²) in [4.78, 5) is 23.3. The van der Waals surface area contributed by atoms with Gasteiger partial charge in [0.25, 0.3) is 0 Å². The highest BCUT2D eigenvalue weighted by molar-refractivity contribution is 5.87. The first-order valence-corrected chi connectivity index (χ1v) is 7.00. The topological polar surface area (TPSA) is 78.4 Å². The van der Waals surface area contributed by atoms with Gasteiger partial charge in [-0.05, 0) is 18.1 Å². The van der Waals surface area contributed by atoms with E-state index in [2.05, 4.69) is 10.6 Å². The van der Waals surface area contributed by atoms with Gasteiger partial charge in [0.2, 0.25) is 11.8 Å². The standard InChI is InChI=1S/C16H24N2O3/c1-11-7-5-6-8-12(11)13(19)9-17-14(20)10-18-15(21)16(2,3)4/h5-8,13,19H,9-10H2,1-4H3,(H,17,20)(H,18,21). The van der Waals surface area contributed by atoms with E-state index in [9.17, 15) is 14.7 Å². The zero-order valence-corrected chi connectivity index (χ0v) is 13.1. The van der Waals surface area contributed by atoms with Crippen LogP contribution in [0.5, 0.6) is 0 Å². The van der Waals surface area contributed by atoms with Crippen molar-refractivity contribution < 1.29 is 14.7 Å². The molecule has 0 saturated carbocycles. The number of hydrogen-bond acceptors (Lipinski definition) is 3. The van der Waals surface area contributed by atoms with Crippen LogP contribution in [0.15, 0.2) is 24.3 Å². The molecule has 0 bridgehead atoms. The van der Waals surface area contributed by atoms with Crippen molar-refractivity contribution in [1.29, 1.82) is 0 Å². The molecule has 21 heavy (non-hydrogen) atoms. The van der Waals surface area contributed by atoms with Crippen LogP contribution in [-0.4, -0.2) is 30.0 Å². The van der Waals surface area contributed by atoms with E-state index in [4.69, 9.17) is 0 Å². The number of benzene rings is 1. The third-order valence-electron chi connectivity index (χ3n) is 3.13. The highest BCUT2D eigenvalue weighted by Crippen LogP contribution is 2.16. The van der Waals surface area contributed by atoms with Gasteiger partial charge in [0.15, 0.2) is 0 Å². The Hall–Kier alpha value is -1.88. The summed E-state index contributed by atoms with van der Waals surface area (Å²) in [5.41, 5.74) is 1.23.